The predicted octanol–water partition coefficient (Wildman–Crippen LogP) is 1.28. The van der Waals surface area contributed by atoms with Crippen LogP contribution in [0.5, 0.6) is 0 Å². The fourth-order valence-corrected chi connectivity index (χ4v) is 2.65. The molecule has 0 atom stereocenters. The van der Waals surface area contributed by atoms with Crippen LogP contribution in [0.1, 0.15) is 5.56 Å². The summed E-state index contributed by atoms with van der Waals surface area (Å²) in [4.78, 5) is 12.8. The monoisotopic (exact) mass is 273 g/mol. The van der Waals surface area contributed by atoms with Crippen LogP contribution in [-0.4, -0.2) is 22.6 Å². The number of hydrogen-bond acceptors (Lipinski definition) is 3. The van der Waals surface area contributed by atoms with Crippen LogP contribution in [0, 0.1) is 10.1 Å². The van der Waals surface area contributed by atoms with E-state index >= 15 is 0 Å². The molecule has 0 unspecified atom stereocenters. The van der Waals surface area contributed by atoms with Gasteiger partial charge < -0.3 is 4.90 Å². The van der Waals surface area contributed by atoms with Crippen molar-refractivity contribution in [1.29, 1.82) is 0 Å². The normalized spacial score (nSPS) is 13.6. The molecule has 6 heteroatoms. The Balaban J connectivity index is 1.74. The highest BCUT2D eigenvalue weighted by Gasteiger charge is 2.22. The largest absolute Gasteiger partial charge is 0.367 e. The van der Waals surface area contributed by atoms with Gasteiger partial charge in [0.1, 0.15) is 18.9 Å². The van der Waals surface area contributed by atoms with E-state index < -0.39 is 0 Å². The average molecular weight is 273 g/mol. The second kappa shape index (κ2) is 4.96. The van der Waals surface area contributed by atoms with E-state index in [-0.39, 0.29) is 10.6 Å². The highest BCUT2D eigenvalue weighted by Crippen LogP contribution is 2.31. The lowest BCUT2D eigenvalue weighted by molar-refractivity contribution is -0.671. The highest BCUT2D eigenvalue weighted by molar-refractivity contribution is 5.62. The molecule has 0 spiro atoms. The number of aromatic nitrogens is 2. The molecule has 0 saturated carbocycles. The Morgan fingerprint density at radius 3 is 2.95 bits per heavy atom. The van der Waals surface area contributed by atoms with Gasteiger partial charge in [-0.2, -0.15) is 0 Å². The topological polar surface area (TPSA) is 55.2 Å². The smallest absolute Gasteiger partial charge is 0.271 e. The number of nitro groups is 1. The van der Waals surface area contributed by atoms with Gasteiger partial charge in [0.05, 0.1) is 18.5 Å². The third-order valence-corrected chi connectivity index (χ3v) is 3.72. The zero-order valence-electron chi connectivity index (χ0n) is 11.4. The molecule has 104 valence electrons. The van der Waals surface area contributed by atoms with Crippen molar-refractivity contribution in [3.8, 4) is 0 Å². The van der Waals surface area contributed by atoms with E-state index in [1.165, 1.54) is 5.56 Å². The van der Waals surface area contributed by atoms with E-state index in [4.69, 9.17) is 0 Å². The van der Waals surface area contributed by atoms with E-state index in [1.807, 2.05) is 36.4 Å². The third-order valence-electron chi connectivity index (χ3n) is 3.72. The lowest BCUT2D eigenvalue weighted by atomic mass is 10.1. The maximum Gasteiger partial charge on any atom is 0.271 e. The minimum absolute atomic E-state index is 0.169. The molecule has 1 aromatic heterocycles. The Morgan fingerprint density at radius 2 is 2.25 bits per heavy atom. The molecular weight excluding hydrogens is 256 g/mol. The van der Waals surface area contributed by atoms with Crippen molar-refractivity contribution in [1.82, 2.24) is 4.57 Å². The number of rotatable bonds is 4. The van der Waals surface area contributed by atoms with Gasteiger partial charge in [-0.1, -0.05) is 6.07 Å². The summed E-state index contributed by atoms with van der Waals surface area (Å²) in [5, 5.41) is 10.9. The number of non-ortho nitro benzene ring substituents is 1. The summed E-state index contributed by atoms with van der Waals surface area (Å²) in [6, 6.07) is 5.16. The van der Waals surface area contributed by atoms with Crippen LogP contribution in [0.2, 0.25) is 0 Å². The van der Waals surface area contributed by atoms with Gasteiger partial charge >= 0.3 is 0 Å². The van der Waals surface area contributed by atoms with E-state index in [9.17, 15) is 10.1 Å². The molecule has 1 aliphatic heterocycles. The highest BCUT2D eigenvalue weighted by atomic mass is 16.6. The van der Waals surface area contributed by atoms with E-state index in [1.54, 1.807) is 12.1 Å². The van der Waals surface area contributed by atoms with Gasteiger partial charge in [-0.15, -0.1) is 0 Å². The summed E-state index contributed by atoms with van der Waals surface area (Å²) < 4.78 is 4.12. The number of nitrogens with zero attached hydrogens (tertiary/aromatic N) is 4. The van der Waals surface area contributed by atoms with Gasteiger partial charge in [0.2, 0.25) is 6.33 Å². The maximum absolute atomic E-state index is 10.9. The van der Waals surface area contributed by atoms with Crippen LogP contribution in [0.25, 0.3) is 0 Å². The summed E-state index contributed by atoms with van der Waals surface area (Å²) >= 11 is 0. The summed E-state index contributed by atoms with van der Waals surface area (Å²) in [5.41, 5.74) is 2.38. The van der Waals surface area contributed by atoms with Crippen molar-refractivity contribution in [3.63, 3.8) is 0 Å². The van der Waals surface area contributed by atoms with E-state index in [0.29, 0.717) is 0 Å². The molecule has 0 aliphatic carbocycles. The number of fused-ring (bicyclic) bond motifs is 1. The zero-order chi connectivity index (χ0) is 14.1. The molecule has 1 aromatic carbocycles. The molecule has 20 heavy (non-hydrogen) atoms. The molecule has 6 nitrogen and oxygen atoms in total. The van der Waals surface area contributed by atoms with Gasteiger partial charge in [-0.25, -0.2) is 9.13 Å². The quantitative estimate of drug-likeness (QED) is 0.479. The van der Waals surface area contributed by atoms with Crippen molar-refractivity contribution in [2.75, 3.05) is 18.0 Å². The molecule has 0 radical (unpaired) electrons. The minimum atomic E-state index is -0.331. The third kappa shape index (κ3) is 2.36. The number of imidazole rings is 1. The first-order valence-electron chi connectivity index (χ1n) is 6.67. The number of benzene rings is 1. The molecule has 0 N–H and O–H groups in total. The fourth-order valence-electron chi connectivity index (χ4n) is 2.65. The lowest BCUT2D eigenvalue weighted by Crippen LogP contribution is -2.27. The number of nitro benzene ring substituents is 1. The second-order valence-electron chi connectivity index (χ2n) is 5.12. The number of anilines is 1. The first kappa shape index (κ1) is 12.7. The Labute approximate surface area is 117 Å². The summed E-state index contributed by atoms with van der Waals surface area (Å²) in [6.45, 7) is 2.68. The van der Waals surface area contributed by atoms with Crippen LogP contribution in [0.3, 0.4) is 0 Å². The van der Waals surface area contributed by atoms with Gasteiger partial charge in [0.15, 0.2) is 0 Å². The van der Waals surface area contributed by atoms with Crippen LogP contribution >= 0.6 is 0 Å². The number of hydrogen-bond donors (Lipinski definition) is 0. The van der Waals surface area contributed by atoms with Gasteiger partial charge in [0, 0.05) is 24.4 Å². The number of aryl methyl sites for hydroxylation is 1. The molecular formula is C14H17N4O2+. The lowest BCUT2D eigenvalue weighted by Gasteiger charge is -2.17. The Bertz CT molecular complexity index is 650. The summed E-state index contributed by atoms with van der Waals surface area (Å²) in [6.07, 6.45) is 7.03. The molecule has 0 amide bonds. The molecule has 0 saturated heterocycles. The van der Waals surface area contributed by atoms with Crippen LogP contribution in [0.4, 0.5) is 11.4 Å². The zero-order valence-corrected chi connectivity index (χ0v) is 11.4. The van der Waals surface area contributed by atoms with E-state index in [0.717, 1.165) is 31.7 Å². The predicted molar refractivity (Wildman–Crippen MR) is 74.6 cm³/mol. The Kier molecular flexibility index (Phi) is 3.14. The Hall–Kier alpha value is -2.37. The first-order valence-corrected chi connectivity index (χ1v) is 6.67. The van der Waals surface area contributed by atoms with Crippen molar-refractivity contribution in [2.45, 2.75) is 13.0 Å². The molecule has 1 aliphatic rings. The van der Waals surface area contributed by atoms with E-state index in [2.05, 4.69) is 9.47 Å². The minimum Gasteiger partial charge on any atom is -0.367 e. The van der Waals surface area contributed by atoms with Gasteiger partial charge in [0.25, 0.3) is 5.69 Å². The second-order valence-corrected chi connectivity index (χ2v) is 5.12. The van der Waals surface area contributed by atoms with Crippen molar-refractivity contribution in [2.24, 2.45) is 7.05 Å². The van der Waals surface area contributed by atoms with Crippen LogP contribution in [-0.2, 0) is 20.0 Å². The van der Waals surface area contributed by atoms with Crippen molar-refractivity contribution < 1.29 is 9.49 Å². The van der Waals surface area contributed by atoms with Gasteiger partial charge in [-0.05, 0) is 12.0 Å². The summed E-state index contributed by atoms with van der Waals surface area (Å²) in [7, 11) is 1.99. The maximum atomic E-state index is 10.9. The van der Waals surface area contributed by atoms with Crippen LogP contribution in [0.15, 0.2) is 36.9 Å². The SMILES string of the molecule is C[n+]1ccn(CCN2CCc3ccc([N+](=O)[O-])cc32)c1. The molecule has 2 heterocycles. The average Bonchev–Trinajstić information content (AvgIpc) is 3.02. The van der Waals surface area contributed by atoms with Gasteiger partial charge in [-0.3, -0.25) is 10.1 Å². The molecule has 2 aromatic rings. The van der Waals surface area contributed by atoms with Crippen LogP contribution < -0.4 is 9.47 Å². The Morgan fingerprint density at radius 1 is 1.40 bits per heavy atom. The first-order chi connectivity index (χ1) is 9.63. The molecule has 0 bridgehead atoms. The fraction of sp³-hybridized carbons (Fsp3) is 0.357. The molecule has 3 rings (SSSR count). The van der Waals surface area contributed by atoms with Crippen molar-refractivity contribution in [3.05, 3.63) is 52.6 Å². The summed E-state index contributed by atoms with van der Waals surface area (Å²) in [5.74, 6) is 0. The molecule has 0 fully saturated rings. The van der Waals surface area contributed by atoms with Crippen molar-refractivity contribution >= 4 is 11.4 Å². The standard InChI is InChI=1S/C14H17N4O2/c1-15-6-7-16(11-15)8-9-17-5-4-12-2-3-13(18(19)20)10-14(12)17/h2-3,6-7,10-11H,4-5,8-9H2,1H3/q+1.